The number of ether oxygens (including phenoxy) is 1. The van der Waals surface area contributed by atoms with Crippen molar-refractivity contribution in [3.8, 4) is 0 Å². The van der Waals surface area contributed by atoms with Gasteiger partial charge in [-0.15, -0.1) is 0 Å². The maximum Gasteiger partial charge on any atom is 0.281 e. The van der Waals surface area contributed by atoms with Crippen LogP contribution in [0, 0.1) is 0 Å². The lowest BCUT2D eigenvalue weighted by Crippen LogP contribution is -2.50. The van der Waals surface area contributed by atoms with Gasteiger partial charge in [0.1, 0.15) is 0 Å². The molecular weight excluding hydrogens is 252 g/mol. The van der Waals surface area contributed by atoms with E-state index < -0.39 is 0 Å². The molecule has 0 unspecified atom stereocenters. The predicted octanol–water partition coefficient (Wildman–Crippen LogP) is 1.18. The van der Waals surface area contributed by atoms with E-state index in [1.807, 2.05) is 18.7 Å². The Bertz CT molecular complexity index is 337. The van der Waals surface area contributed by atoms with E-state index in [9.17, 15) is 9.59 Å². The highest BCUT2D eigenvalue weighted by atomic mass is 32.2. The average Bonchev–Trinajstić information content (AvgIpc) is 2.75. The fourth-order valence-electron chi connectivity index (χ4n) is 2.25. The number of morpholine rings is 1. The van der Waals surface area contributed by atoms with Crippen LogP contribution in [0.4, 0.5) is 4.79 Å². The molecule has 18 heavy (non-hydrogen) atoms. The standard InChI is InChI=1S/C12H20N2O3S/c1-9-8-17-10(2)7-14(9)11(15)3-4-13-5-6-18-12(13)16/h9-10H,3-8H2,1-2H3/t9-,10-/m1/s1. The molecule has 5 nitrogen and oxygen atoms in total. The summed E-state index contributed by atoms with van der Waals surface area (Å²) in [6, 6.07) is 0.136. The number of carbonyl (C=O) groups is 2. The first-order valence-corrected chi connectivity index (χ1v) is 7.39. The quantitative estimate of drug-likeness (QED) is 0.774. The second-order valence-electron chi connectivity index (χ2n) is 4.89. The van der Waals surface area contributed by atoms with Crippen molar-refractivity contribution in [2.24, 2.45) is 0 Å². The van der Waals surface area contributed by atoms with Gasteiger partial charge in [-0.05, 0) is 13.8 Å². The Morgan fingerprint density at radius 1 is 1.50 bits per heavy atom. The van der Waals surface area contributed by atoms with E-state index in [1.54, 1.807) is 4.90 Å². The summed E-state index contributed by atoms with van der Waals surface area (Å²) >= 11 is 1.34. The van der Waals surface area contributed by atoms with Gasteiger partial charge in [0, 0.05) is 31.8 Å². The van der Waals surface area contributed by atoms with Gasteiger partial charge >= 0.3 is 0 Å². The Morgan fingerprint density at radius 3 is 2.94 bits per heavy atom. The third-order valence-electron chi connectivity index (χ3n) is 3.37. The Kier molecular flexibility index (Phi) is 4.50. The lowest BCUT2D eigenvalue weighted by atomic mass is 10.2. The van der Waals surface area contributed by atoms with Gasteiger partial charge in [0.25, 0.3) is 5.24 Å². The molecule has 2 saturated heterocycles. The van der Waals surface area contributed by atoms with Crippen molar-refractivity contribution in [2.45, 2.75) is 32.4 Å². The van der Waals surface area contributed by atoms with Gasteiger partial charge in [-0.3, -0.25) is 9.59 Å². The summed E-state index contributed by atoms with van der Waals surface area (Å²) in [6.45, 7) is 6.55. The van der Waals surface area contributed by atoms with Gasteiger partial charge in [-0.2, -0.15) is 0 Å². The fraction of sp³-hybridized carbons (Fsp3) is 0.833. The van der Waals surface area contributed by atoms with Crippen molar-refractivity contribution in [3.05, 3.63) is 0 Å². The highest BCUT2D eigenvalue weighted by Crippen LogP contribution is 2.18. The smallest absolute Gasteiger partial charge is 0.281 e. The number of carbonyl (C=O) groups excluding carboxylic acids is 2. The molecule has 0 saturated carbocycles. The van der Waals surface area contributed by atoms with Crippen LogP contribution in [0.3, 0.4) is 0 Å². The number of hydrogen-bond acceptors (Lipinski definition) is 4. The van der Waals surface area contributed by atoms with Crippen LogP contribution in [-0.4, -0.2) is 65.1 Å². The first-order chi connectivity index (χ1) is 8.58. The molecule has 6 heteroatoms. The summed E-state index contributed by atoms with van der Waals surface area (Å²) < 4.78 is 5.50. The van der Waals surface area contributed by atoms with Gasteiger partial charge in [-0.1, -0.05) is 11.8 Å². The third-order valence-corrected chi connectivity index (χ3v) is 4.26. The maximum atomic E-state index is 12.1. The molecule has 0 radical (unpaired) electrons. The Morgan fingerprint density at radius 2 is 2.28 bits per heavy atom. The van der Waals surface area contributed by atoms with Crippen molar-refractivity contribution < 1.29 is 14.3 Å². The molecule has 102 valence electrons. The van der Waals surface area contributed by atoms with E-state index in [4.69, 9.17) is 4.74 Å². The molecule has 0 aliphatic carbocycles. The topological polar surface area (TPSA) is 49.9 Å². The molecule has 2 fully saturated rings. The number of rotatable bonds is 3. The number of nitrogens with zero attached hydrogens (tertiary/aromatic N) is 2. The molecule has 0 aromatic rings. The average molecular weight is 272 g/mol. The largest absolute Gasteiger partial charge is 0.375 e. The molecule has 0 aromatic carbocycles. The first kappa shape index (κ1) is 13.7. The minimum atomic E-state index is 0.103. The molecular formula is C12H20N2O3S. The highest BCUT2D eigenvalue weighted by Gasteiger charge is 2.28. The fourth-order valence-corrected chi connectivity index (χ4v) is 3.11. The van der Waals surface area contributed by atoms with E-state index in [0.29, 0.717) is 26.1 Å². The van der Waals surface area contributed by atoms with Gasteiger partial charge < -0.3 is 14.5 Å². The Balaban J connectivity index is 1.81. The van der Waals surface area contributed by atoms with E-state index in [2.05, 4.69) is 0 Å². The Labute approximate surface area is 112 Å². The summed E-state index contributed by atoms with van der Waals surface area (Å²) in [4.78, 5) is 27.2. The SMILES string of the molecule is C[C@@H]1CN(C(=O)CCN2CCSC2=O)[C@H](C)CO1. The number of amides is 2. The van der Waals surface area contributed by atoms with E-state index >= 15 is 0 Å². The van der Waals surface area contributed by atoms with Crippen LogP contribution in [0.15, 0.2) is 0 Å². The van der Waals surface area contributed by atoms with Crippen LogP contribution < -0.4 is 0 Å². The van der Waals surface area contributed by atoms with Crippen LogP contribution in [0.25, 0.3) is 0 Å². The monoisotopic (exact) mass is 272 g/mol. The highest BCUT2D eigenvalue weighted by molar-refractivity contribution is 8.13. The minimum absolute atomic E-state index is 0.103. The lowest BCUT2D eigenvalue weighted by Gasteiger charge is -2.37. The van der Waals surface area contributed by atoms with E-state index in [1.165, 1.54) is 11.8 Å². The van der Waals surface area contributed by atoms with Crippen LogP contribution in [0.1, 0.15) is 20.3 Å². The molecule has 2 atom stereocenters. The molecule has 2 aliphatic heterocycles. The van der Waals surface area contributed by atoms with Crippen molar-refractivity contribution in [3.63, 3.8) is 0 Å². The second-order valence-corrected chi connectivity index (χ2v) is 5.94. The molecule has 0 bridgehead atoms. The normalized spacial score (nSPS) is 28.9. The van der Waals surface area contributed by atoms with Crippen LogP contribution in [0.5, 0.6) is 0 Å². The molecule has 2 aliphatic rings. The summed E-state index contributed by atoms with van der Waals surface area (Å²) in [6.07, 6.45) is 0.526. The van der Waals surface area contributed by atoms with Gasteiger partial charge in [0.05, 0.1) is 18.8 Å². The summed E-state index contributed by atoms with van der Waals surface area (Å²) in [5.74, 6) is 0.972. The second kappa shape index (κ2) is 5.93. The molecule has 2 amide bonds. The molecule has 0 spiro atoms. The van der Waals surface area contributed by atoms with E-state index in [-0.39, 0.29) is 23.3 Å². The van der Waals surface area contributed by atoms with Crippen molar-refractivity contribution in [2.75, 3.05) is 32.0 Å². The van der Waals surface area contributed by atoms with Crippen molar-refractivity contribution >= 4 is 22.9 Å². The lowest BCUT2D eigenvalue weighted by molar-refractivity contribution is -0.143. The first-order valence-electron chi connectivity index (χ1n) is 6.40. The minimum Gasteiger partial charge on any atom is -0.375 e. The zero-order chi connectivity index (χ0) is 13.1. The Hall–Kier alpha value is -0.750. The maximum absolute atomic E-state index is 12.1. The zero-order valence-corrected chi connectivity index (χ0v) is 11.7. The third kappa shape index (κ3) is 3.17. The van der Waals surface area contributed by atoms with Gasteiger partial charge in [0.2, 0.25) is 5.91 Å². The summed E-state index contributed by atoms with van der Waals surface area (Å²) in [7, 11) is 0. The molecule has 2 rings (SSSR count). The molecule has 0 N–H and O–H groups in total. The van der Waals surface area contributed by atoms with Crippen LogP contribution in [0.2, 0.25) is 0 Å². The van der Waals surface area contributed by atoms with Crippen LogP contribution in [-0.2, 0) is 9.53 Å². The summed E-state index contributed by atoms with van der Waals surface area (Å²) in [5, 5.41) is 0.103. The predicted molar refractivity (Wildman–Crippen MR) is 70.6 cm³/mol. The van der Waals surface area contributed by atoms with Crippen LogP contribution >= 0.6 is 11.8 Å². The summed E-state index contributed by atoms with van der Waals surface area (Å²) in [5.41, 5.74) is 0. The molecule has 0 aromatic heterocycles. The van der Waals surface area contributed by atoms with Crippen molar-refractivity contribution in [1.82, 2.24) is 9.80 Å². The van der Waals surface area contributed by atoms with Gasteiger partial charge in [-0.25, -0.2) is 0 Å². The van der Waals surface area contributed by atoms with Crippen molar-refractivity contribution in [1.29, 1.82) is 0 Å². The van der Waals surface area contributed by atoms with Gasteiger partial charge in [0.15, 0.2) is 0 Å². The van der Waals surface area contributed by atoms with E-state index in [0.717, 1.165) is 12.3 Å². The molecule has 2 heterocycles. The number of hydrogen-bond donors (Lipinski definition) is 0. The zero-order valence-electron chi connectivity index (χ0n) is 10.9. The number of thioether (sulfide) groups is 1.